The van der Waals surface area contributed by atoms with Gasteiger partial charge in [0.05, 0.1) is 53.7 Å². The summed E-state index contributed by atoms with van der Waals surface area (Å²) in [6, 6.07) is -3.98. The van der Waals surface area contributed by atoms with E-state index in [0.29, 0.717) is 17.6 Å². The molecule has 20 N–H and O–H groups in total. The highest BCUT2D eigenvalue weighted by Crippen LogP contribution is 2.55. The Labute approximate surface area is 742 Å². The standard InChI is InChI=1S/C90H112Cl2N10O25/c1-37(2)19-57(94-7)81(114)98-70-72(108)48-20-38(3)75(56(92)28-48)124-62-30-47-29-61(76(62)125-63-31-49(35-103)73(109)74(110)77(63)127-89(6)36-88(5,93)78(111)39(4)126-89)123-60-16-12-44(27-55(60)91)71(107)69-85(118)97-68(84(117)95-65-45-22-40-21-41(24-45)25-46(65)23-40)53-32-50(104)33-59(106)64(53)52-26-43(11-15-58(52)105)66(82(115)99-69)96-83(116)67(47)100-87(120)90(102-86(70)119)34-54(90)80(113)101-79(112)42-9-13-51(14-10-42)122-18-17-121-8/h9-16,28-30,37-41,45-46,49,52,54-55,57,63,65-74,77-78,94,103-111H,17-27,31,33-36,93H2,1-8H3,(H,95,117)(H,96,116)(H,97,118)(H,98,114)(H,99,115)(H,100,120)(H,102,119)(H,101,112,113)/t38?,39-,40?,41?,45?,46?,49+,52?,54+,55-,57+,63+,65?,66+,67+,68-,69-,70+,71+,72+,73+,74-,77-,78+,88-,89-,90?/m0/s1. The van der Waals surface area contributed by atoms with Crippen LogP contribution >= 0.6 is 23.2 Å². The van der Waals surface area contributed by atoms with Crippen LogP contribution in [0.5, 0.6) is 23.0 Å². The number of imide groups is 1. The summed E-state index contributed by atoms with van der Waals surface area (Å²) in [5.74, 6) is -19.6. The van der Waals surface area contributed by atoms with Crippen molar-refractivity contribution in [3.8, 4) is 23.0 Å². The quantitative estimate of drug-likeness (QED) is 0.0441. The fraction of sp³-hybridized carbons (Fsp3) is 0.578. The van der Waals surface area contributed by atoms with Crippen molar-refractivity contribution in [1.82, 2.24) is 47.9 Å². The number of amides is 9. The summed E-state index contributed by atoms with van der Waals surface area (Å²) in [5.41, 5.74) is 4.44. The molecule has 22 atom stereocenters. The number of fused-ring (bicyclic) bond motifs is 13. The largest absolute Gasteiger partial charge is 0.512 e. The Morgan fingerprint density at radius 3 is 2.10 bits per heavy atom. The van der Waals surface area contributed by atoms with Crippen molar-refractivity contribution in [3.63, 3.8) is 0 Å². The number of hydrogen-bond acceptors (Lipinski definition) is 27. The van der Waals surface area contributed by atoms with Gasteiger partial charge < -0.3 is 127 Å². The van der Waals surface area contributed by atoms with Crippen LogP contribution in [0, 0.1) is 53.3 Å². The fourth-order valence-corrected chi connectivity index (χ4v) is 21.7. The number of nitrogens with two attached hydrogens (primary N) is 1. The van der Waals surface area contributed by atoms with Crippen LogP contribution in [0.3, 0.4) is 0 Å². The first-order chi connectivity index (χ1) is 60.3. The summed E-state index contributed by atoms with van der Waals surface area (Å²) in [6.45, 7) is 9.57. The highest BCUT2D eigenvalue weighted by Gasteiger charge is 2.67. The van der Waals surface area contributed by atoms with Crippen LogP contribution < -0.4 is 72.5 Å². The van der Waals surface area contributed by atoms with Crippen molar-refractivity contribution >= 4 is 76.4 Å². The second-order valence-electron chi connectivity index (χ2n) is 37.2. The lowest BCUT2D eigenvalue weighted by Crippen LogP contribution is -2.66. The van der Waals surface area contributed by atoms with Gasteiger partial charge in [-0.1, -0.05) is 50.3 Å². The van der Waals surface area contributed by atoms with Crippen molar-refractivity contribution < 1.29 is 122 Å². The molecule has 2 aromatic rings. The van der Waals surface area contributed by atoms with Gasteiger partial charge in [-0.3, -0.25) is 48.5 Å². The predicted molar refractivity (Wildman–Crippen MR) is 453 cm³/mol. The topological polar surface area (TPSA) is 535 Å². The minimum absolute atomic E-state index is 0.0199. The van der Waals surface area contributed by atoms with E-state index < -0.39 is 257 Å². The maximum absolute atomic E-state index is 16.9. The van der Waals surface area contributed by atoms with Gasteiger partial charge in [0.1, 0.15) is 107 Å². The molecule has 6 heterocycles. The summed E-state index contributed by atoms with van der Waals surface area (Å²) >= 11 is 15.0. The van der Waals surface area contributed by atoms with Gasteiger partial charge in [-0.15, -0.1) is 11.6 Å². The maximum atomic E-state index is 16.9. The molecule has 18 rings (SSSR count). The first-order valence-electron chi connectivity index (χ1n) is 43.4. The summed E-state index contributed by atoms with van der Waals surface area (Å²) in [4.78, 5) is 141. The van der Waals surface area contributed by atoms with E-state index in [1.165, 1.54) is 81.8 Å². The highest BCUT2D eigenvalue weighted by atomic mass is 35.5. The second kappa shape index (κ2) is 36.7. The number of methoxy groups -OCH3 is 1. The van der Waals surface area contributed by atoms with Crippen LogP contribution in [0.2, 0.25) is 0 Å². The Balaban J connectivity index is 0.920. The molecular weight excluding hydrogens is 1690 g/mol. The zero-order valence-corrected chi connectivity index (χ0v) is 73.0. The van der Waals surface area contributed by atoms with Gasteiger partial charge in [0.15, 0.2) is 17.3 Å². The number of alkyl halides is 1. The van der Waals surface area contributed by atoms with E-state index in [0.717, 1.165) is 38.2 Å². The Kier molecular flexibility index (Phi) is 26.6. The molecule has 10 aliphatic carbocycles. The summed E-state index contributed by atoms with van der Waals surface area (Å²) in [6.07, 6.45) is -5.31. The molecule has 9 amide bonds. The van der Waals surface area contributed by atoms with Crippen LogP contribution in [0.15, 0.2) is 134 Å². The Bertz CT molecular complexity index is 5030. The van der Waals surface area contributed by atoms with Gasteiger partial charge in [0.25, 0.3) is 5.91 Å². The molecule has 37 heteroatoms. The number of halogens is 2. The van der Waals surface area contributed by atoms with Gasteiger partial charge in [0.2, 0.25) is 53.0 Å². The lowest BCUT2D eigenvalue weighted by atomic mass is 9.54. The van der Waals surface area contributed by atoms with Gasteiger partial charge in [0, 0.05) is 66.2 Å². The summed E-state index contributed by atoms with van der Waals surface area (Å²) < 4.78 is 45.1. The zero-order valence-electron chi connectivity index (χ0n) is 71.5. The van der Waals surface area contributed by atoms with E-state index in [2.05, 4.69) is 53.6 Å². The molecular formula is C90H112Cl2N10O25. The second-order valence-corrected chi connectivity index (χ2v) is 38.1. The smallest absolute Gasteiger partial charge is 0.257 e. The van der Waals surface area contributed by atoms with E-state index in [-0.39, 0.29) is 113 Å². The van der Waals surface area contributed by atoms with Crippen LogP contribution in [-0.4, -0.2) is 240 Å². The van der Waals surface area contributed by atoms with E-state index in [9.17, 15) is 55.5 Å². The van der Waals surface area contributed by atoms with Crippen molar-refractivity contribution in [1.29, 1.82) is 0 Å². The molecule has 6 aliphatic heterocycles. The van der Waals surface area contributed by atoms with E-state index in [1.54, 1.807) is 20.8 Å². The molecule has 2 aromatic carbocycles. The molecule has 8 fully saturated rings. The van der Waals surface area contributed by atoms with Crippen LogP contribution in [0.1, 0.15) is 147 Å². The van der Waals surface area contributed by atoms with Gasteiger partial charge in [-0.2, -0.15) is 0 Å². The average Bonchev–Trinajstić information content (AvgIpc) is 1.60. The Morgan fingerprint density at radius 2 is 1.45 bits per heavy atom. The molecule has 15 bridgehead atoms. The Morgan fingerprint density at radius 1 is 0.764 bits per heavy atom. The number of nitrogens with one attached hydrogen (secondary N) is 9. The third kappa shape index (κ3) is 18.7. The van der Waals surface area contributed by atoms with Crippen molar-refractivity contribution in [2.45, 2.75) is 238 Å². The third-order valence-electron chi connectivity index (χ3n) is 27.3. The van der Waals surface area contributed by atoms with Crippen molar-refractivity contribution in [2.75, 3.05) is 34.0 Å². The average molecular weight is 1800 g/mol. The number of benzene rings is 2. The molecule has 3 unspecified atom stereocenters. The molecule has 2 saturated heterocycles. The molecule has 0 aromatic heterocycles. The molecule has 127 heavy (non-hydrogen) atoms. The zero-order chi connectivity index (χ0) is 91.1. The molecule has 0 radical (unpaired) electrons. The van der Waals surface area contributed by atoms with Crippen LogP contribution in [0.25, 0.3) is 0 Å². The monoisotopic (exact) mass is 1800 g/mol. The Hall–Kier alpha value is -9.69. The number of allylic oxidation sites excluding steroid dienone is 9. The number of likely N-dealkylation sites (N-methyl/N-ethyl adjacent to an activating group) is 1. The number of aliphatic hydroxyl groups excluding tert-OH is 9. The summed E-state index contributed by atoms with van der Waals surface area (Å²) in [5, 5.41) is 132. The van der Waals surface area contributed by atoms with Crippen LogP contribution in [-0.2, 0) is 52.6 Å². The normalized spacial score (nSPS) is 36.7. The number of carbonyl (C=O) groups excluding carboxylic acids is 9. The van der Waals surface area contributed by atoms with Gasteiger partial charge >= 0.3 is 0 Å². The molecule has 1 spiro atoms. The minimum atomic E-state index is -2.61. The summed E-state index contributed by atoms with van der Waals surface area (Å²) in [7, 11) is 2.99. The van der Waals surface area contributed by atoms with E-state index in [4.69, 9.17) is 62.1 Å². The molecule has 16 aliphatic rings. The van der Waals surface area contributed by atoms with E-state index in [1.807, 2.05) is 13.8 Å². The predicted octanol–water partition coefficient (Wildman–Crippen LogP) is 3.01. The highest BCUT2D eigenvalue weighted by molar-refractivity contribution is 6.31. The van der Waals surface area contributed by atoms with Gasteiger partial charge in [-0.25, -0.2) is 0 Å². The lowest BCUT2D eigenvalue weighted by Gasteiger charge is -2.54. The van der Waals surface area contributed by atoms with Crippen molar-refractivity contribution in [2.24, 2.45) is 59.0 Å². The SMILES string of the molecule is CN[C@H](CC(C)C)C(=O)N[C@H]1C(=O)NC2(C[C@@H]2C(=O)NC(=O)c2ccc(OCCOC)cc2)C(=O)N[C@H]2C(=O)N[C@H]3C(=O)N[C@H](C(=O)N[C@H](C(=O)NC4C5CC6CC(C5)CC4C6)C4=C=C(O)CC(O)=C4C4CC3=CC=C4O)[C@H](O)C3=CC=C(Oc4cc2cc(c4O[C@@H]2C[C@H](CO)[C@@H](O)[C@H](O)[C@H]2O[C@@]2(C)C[C@](C)(N)[C@H](O)[C@H](C)O2)OC2=C(Cl)C=C(CC2C)[C@H]1O)[C@@H](Cl)C3. The minimum Gasteiger partial charge on any atom is -0.512 e. The first-order valence-corrected chi connectivity index (χ1v) is 44.2. The van der Waals surface area contributed by atoms with E-state index >= 15 is 33.6 Å². The van der Waals surface area contributed by atoms with Crippen molar-refractivity contribution in [3.05, 3.63) is 145 Å². The number of aliphatic hydroxyl groups is 9. The molecule has 686 valence electrons. The fourth-order valence-electron chi connectivity index (χ4n) is 21.0. The molecule has 35 nitrogen and oxygen atoms in total. The third-order valence-corrected chi connectivity index (χ3v) is 27.9. The van der Waals surface area contributed by atoms with Gasteiger partial charge in [-0.05, 0) is 205 Å². The first kappa shape index (κ1) is 92.0. The lowest BCUT2D eigenvalue weighted by molar-refractivity contribution is -0.339. The van der Waals surface area contributed by atoms with Crippen LogP contribution in [0.4, 0.5) is 0 Å². The number of rotatable bonds is 18. The maximum Gasteiger partial charge on any atom is 0.257 e. The number of ether oxygens (including phenoxy) is 7. The number of carbonyl (C=O) groups is 9. The molecule has 6 saturated carbocycles. The number of hydrogen-bond donors (Lipinski definition) is 19.